The molecule has 0 fully saturated rings. The molecule has 0 saturated heterocycles. The smallest absolute Gasteiger partial charge is 0.119 e. The van der Waals surface area contributed by atoms with Crippen LogP contribution in [0, 0.1) is 0 Å². The molecule has 3 aromatic rings. The van der Waals surface area contributed by atoms with Gasteiger partial charge >= 0.3 is 0 Å². The van der Waals surface area contributed by atoms with Gasteiger partial charge in [0.05, 0.1) is 7.11 Å². The van der Waals surface area contributed by atoms with Gasteiger partial charge in [-0.05, 0) is 42.0 Å². The summed E-state index contributed by atoms with van der Waals surface area (Å²) in [4.78, 5) is 0. The van der Waals surface area contributed by atoms with E-state index in [-0.39, 0.29) is 0 Å². The van der Waals surface area contributed by atoms with Crippen LogP contribution in [-0.2, 0) is 7.05 Å². The van der Waals surface area contributed by atoms with E-state index in [0.717, 1.165) is 17.2 Å². The molecular weight excluding hydrogens is 292 g/mol. The van der Waals surface area contributed by atoms with Gasteiger partial charge in [0, 0.05) is 35.1 Å². The van der Waals surface area contributed by atoms with Crippen molar-refractivity contribution in [3.8, 4) is 17.0 Å². The number of hydrogen-bond acceptors (Lipinski definition) is 3. The fourth-order valence-electron chi connectivity index (χ4n) is 2.60. The number of anilines is 1. The van der Waals surface area contributed by atoms with E-state index in [4.69, 9.17) is 4.74 Å². The SMILES string of the molecule is CCSNc1ccc(-c2cc3cc(OC)ccc3n2C)cc1. The van der Waals surface area contributed by atoms with Crippen molar-refractivity contribution in [1.82, 2.24) is 4.57 Å². The standard InChI is InChI=1S/C18H20N2OS/c1-4-22-19-15-7-5-13(6-8-15)18-12-14-11-16(21-3)9-10-17(14)20(18)2/h5-12,19H,4H2,1-3H3. The van der Waals surface area contributed by atoms with Gasteiger partial charge < -0.3 is 14.0 Å². The van der Waals surface area contributed by atoms with Crippen molar-refractivity contribution in [2.24, 2.45) is 7.05 Å². The lowest BCUT2D eigenvalue weighted by molar-refractivity contribution is 0.415. The zero-order valence-corrected chi connectivity index (χ0v) is 13.9. The summed E-state index contributed by atoms with van der Waals surface area (Å²) in [5, 5.41) is 1.19. The maximum Gasteiger partial charge on any atom is 0.119 e. The van der Waals surface area contributed by atoms with E-state index in [1.807, 2.05) is 6.07 Å². The first-order valence-corrected chi connectivity index (χ1v) is 8.33. The van der Waals surface area contributed by atoms with E-state index in [9.17, 15) is 0 Å². The first-order valence-electron chi connectivity index (χ1n) is 7.34. The summed E-state index contributed by atoms with van der Waals surface area (Å²) >= 11 is 1.70. The van der Waals surface area contributed by atoms with Crippen LogP contribution in [0.2, 0.25) is 0 Å². The molecule has 0 unspecified atom stereocenters. The van der Waals surface area contributed by atoms with Crippen molar-refractivity contribution in [3.05, 3.63) is 48.5 Å². The second kappa shape index (κ2) is 6.36. The predicted molar refractivity (Wildman–Crippen MR) is 96.7 cm³/mol. The van der Waals surface area contributed by atoms with E-state index in [2.05, 4.69) is 65.7 Å². The van der Waals surface area contributed by atoms with E-state index in [1.165, 1.54) is 22.2 Å². The number of rotatable bonds is 5. The van der Waals surface area contributed by atoms with Crippen LogP contribution in [0.15, 0.2) is 48.5 Å². The maximum atomic E-state index is 5.31. The molecule has 2 aromatic carbocycles. The van der Waals surface area contributed by atoms with Gasteiger partial charge in [-0.3, -0.25) is 0 Å². The van der Waals surface area contributed by atoms with Crippen LogP contribution in [0.4, 0.5) is 5.69 Å². The Bertz CT molecular complexity index is 778. The van der Waals surface area contributed by atoms with Crippen molar-refractivity contribution in [2.75, 3.05) is 17.6 Å². The van der Waals surface area contributed by atoms with Crippen molar-refractivity contribution >= 4 is 28.5 Å². The van der Waals surface area contributed by atoms with Crippen LogP contribution in [0.5, 0.6) is 5.75 Å². The van der Waals surface area contributed by atoms with E-state index in [0.29, 0.717) is 0 Å². The van der Waals surface area contributed by atoms with Gasteiger partial charge in [0.2, 0.25) is 0 Å². The van der Waals surface area contributed by atoms with Gasteiger partial charge in [0.15, 0.2) is 0 Å². The molecule has 0 bridgehead atoms. The Morgan fingerprint density at radius 1 is 1.09 bits per heavy atom. The van der Waals surface area contributed by atoms with Gasteiger partial charge in [-0.2, -0.15) is 0 Å². The summed E-state index contributed by atoms with van der Waals surface area (Å²) in [6, 6.07) is 16.9. The second-order valence-electron chi connectivity index (χ2n) is 5.13. The number of nitrogens with zero attached hydrogens (tertiary/aromatic N) is 1. The number of ether oxygens (including phenoxy) is 1. The third-order valence-corrected chi connectivity index (χ3v) is 4.43. The van der Waals surface area contributed by atoms with Crippen LogP contribution < -0.4 is 9.46 Å². The van der Waals surface area contributed by atoms with Crippen LogP contribution in [0.1, 0.15) is 6.92 Å². The molecule has 0 aliphatic carbocycles. The number of fused-ring (bicyclic) bond motifs is 1. The third-order valence-electron chi connectivity index (χ3n) is 3.76. The Morgan fingerprint density at radius 2 is 1.86 bits per heavy atom. The lowest BCUT2D eigenvalue weighted by atomic mass is 10.1. The first-order chi connectivity index (χ1) is 10.7. The fraction of sp³-hybridized carbons (Fsp3) is 0.222. The predicted octanol–water partition coefficient (Wildman–Crippen LogP) is 4.93. The topological polar surface area (TPSA) is 26.2 Å². The summed E-state index contributed by atoms with van der Waals surface area (Å²) in [6.45, 7) is 2.13. The van der Waals surface area contributed by atoms with Gasteiger partial charge in [0.25, 0.3) is 0 Å². The summed E-state index contributed by atoms with van der Waals surface area (Å²) in [5.74, 6) is 1.94. The molecule has 0 aliphatic heterocycles. The third kappa shape index (κ3) is 2.79. The number of benzene rings is 2. The van der Waals surface area contributed by atoms with Crippen LogP contribution in [-0.4, -0.2) is 17.4 Å². The average Bonchev–Trinajstić information content (AvgIpc) is 2.89. The molecular formula is C18H20N2OS. The van der Waals surface area contributed by atoms with Crippen LogP contribution in [0.3, 0.4) is 0 Å². The Labute approximate surface area is 135 Å². The molecule has 1 N–H and O–H groups in total. The molecule has 0 spiro atoms. The Kier molecular flexibility index (Phi) is 4.29. The number of hydrogen-bond donors (Lipinski definition) is 1. The molecule has 22 heavy (non-hydrogen) atoms. The summed E-state index contributed by atoms with van der Waals surface area (Å²) in [6.07, 6.45) is 0. The monoisotopic (exact) mass is 312 g/mol. The molecule has 3 nitrogen and oxygen atoms in total. The highest BCUT2D eigenvalue weighted by atomic mass is 32.2. The van der Waals surface area contributed by atoms with E-state index < -0.39 is 0 Å². The zero-order chi connectivity index (χ0) is 15.5. The Hall–Kier alpha value is -2.07. The highest BCUT2D eigenvalue weighted by molar-refractivity contribution is 8.00. The average molecular weight is 312 g/mol. The molecule has 114 valence electrons. The van der Waals surface area contributed by atoms with Gasteiger partial charge in [0.1, 0.15) is 5.75 Å². The van der Waals surface area contributed by atoms with Crippen molar-refractivity contribution in [1.29, 1.82) is 0 Å². The summed E-state index contributed by atoms with van der Waals surface area (Å²) in [5.41, 5.74) is 4.76. The second-order valence-corrected chi connectivity index (χ2v) is 6.20. The minimum Gasteiger partial charge on any atom is -0.497 e. The van der Waals surface area contributed by atoms with Crippen molar-refractivity contribution in [3.63, 3.8) is 0 Å². The minimum atomic E-state index is 0.890. The highest BCUT2D eigenvalue weighted by Gasteiger charge is 2.08. The first kappa shape index (κ1) is 14.9. The largest absolute Gasteiger partial charge is 0.497 e. The van der Waals surface area contributed by atoms with Crippen LogP contribution >= 0.6 is 11.9 Å². The molecule has 0 amide bonds. The maximum absolute atomic E-state index is 5.31. The van der Waals surface area contributed by atoms with E-state index in [1.54, 1.807) is 19.1 Å². The summed E-state index contributed by atoms with van der Waals surface area (Å²) in [7, 11) is 3.80. The quantitative estimate of drug-likeness (QED) is 0.676. The molecule has 3 rings (SSSR count). The van der Waals surface area contributed by atoms with E-state index >= 15 is 0 Å². The molecule has 0 aliphatic rings. The fourth-order valence-corrected chi connectivity index (χ4v) is 3.04. The zero-order valence-electron chi connectivity index (χ0n) is 13.1. The lowest BCUT2D eigenvalue weighted by Gasteiger charge is -2.07. The summed E-state index contributed by atoms with van der Waals surface area (Å²) < 4.78 is 10.9. The lowest BCUT2D eigenvalue weighted by Crippen LogP contribution is -1.92. The Balaban J connectivity index is 1.97. The van der Waals surface area contributed by atoms with Crippen molar-refractivity contribution in [2.45, 2.75) is 6.92 Å². The molecule has 1 heterocycles. The normalized spacial score (nSPS) is 10.9. The van der Waals surface area contributed by atoms with Gasteiger partial charge in [-0.25, -0.2) is 0 Å². The molecule has 0 saturated carbocycles. The molecule has 4 heteroatoms. The number of methoxy groups -OCH3 is 1. The number of aryl methyl sites for hydroxylation is 1. The highest BCUT2D eigenvalue weighted by Crippen LogP contribution is 2.30. The molecule has 1 aromatic heterocycles. The van der Waals surface area contributed by atoms with Gasteiger partial charge in [-0.1, -0.05) is 31.0 Å². The van der Waals surface area contributed by atoms with Crippen LogP contribution in [0.25, 0.3) is 22.2 Å². The molecule has 0 atom stereocenters. The van der Waals surface area contributed by atoms with Gasteiger partial charge in [-0.15, -0.1) is 0 Å². The molecule has 0 radical (unpaired) electrons. The minimum absolute atomic E-state index is 0.890. The Morgan fingerprint density at radius 3 is 2.55 bits per heavy atom. The van der Waals surface area contributed by atoms with Crippen molar-refractivity contribution < 1.29 is 4.74 Å². The number of aromatic nitrogens is 1. The number of nitrogens with one attached hydrogen (secondary N) is 1.